The third-order valence-electron chi connectivity index (χ3n) is 3.77. The molecule has 0 saturated carbocycles. The van der Waals surface area contributed by atoms with Gasteiger partial charge in [-0.15, -0.1) is 10.2 Å². The van der Waals surface area contributed by atoms with Crippen molar-refractivity contribution >= 4 is 11.6 Å². The third-order valence-corrected chi connectivity index (χ3v) is 3.77. The summed E-state index contributed by atoms with van der Waals surface area (Å²) in [6.45, 7) is 2.15. The molecule has 0 aliphatic carbocycles. The van der Waals surface area contributed by atoms with Gasteiger partial charge in [-0.2, -0.15) is 0 Å². The lowest BCUT2D eigenvalue weighted by Gasteiger charge is -2.21. The number of rotatable bonds is 3. The van der Waals surface area contributed by atoms with Crippen LogP contribution in [-0.4, -0.2) is 40.8 Å². The van der Waals surface area contributed by atoms with Gasteiger partial charge in [-0.25, -0.2) is 4.79 Å². The number of methoxy groups -OCH3 is 1. The topological polar surface area (TPSA) is 68.5 Å². The van der Waals surface area contributed by atoms with Crippen LogP contribution in [0.5, 0.6) is 0 Å². The summed E-state index contributed by atoms with van der Waals surface area (Å²) in [5, 5.41) is 11.8. The number of hydrogen-bond donors (Lipinski definition) is 1. The summed E-state index contributed by atoms with van der Waals surface area (Å²) in [6.07, 6.45) is 5.19. The Bertz CT molecular complexity index is 617. The second kappa shape index (κ2) is 5.58. The molecule has 3 heterocycles. The van der Waals surface area contributed by atoms with E-state index in [0.717, 1.165) is 25.3 Å². The first-order chi connectivity index (χ1) is 9.78. The van der Waals surface area contributed by atoms with Gasteiger partial charge in [0.2, 0.25) is 0 Å². The Labute approximate surface area is 117 Å². The number of carbonyl (C=O) groups is 1. The van der Waals surface area contributed by atoms with E-state index in [0.29, 0.717) is 17.1 Å². The molecule has 0 amide bonds. The highest BCUT2D eigenvalue weighted by Crippen LogP contribution is 2.16. The average molecular weight is 274 g/mol. The van der Waals surface area contributed by atoms with Crippen molar-refractivity contribution in [1.29, 1.82) is 0 Å². The fraction of sp³-hybridized carbons (Fsp3) is 0.500. The quantitative estimate of drug-likeness (QED) is 0.848. The first kappa shape index (κ1) is 13.1. The normalized spacial score (nSPS) is 19.1. The number of ether oxygens (including phenoxy) is 1. The van der Waals surface area contributed by atoms with Crippen molar-refractivity contribution in [3.05, 3.63) is 29.7 Å². The predicted molar refractivity (Wildman–Crippen MR) is 73.6 cm³/mol. The van der Waals surface area contributed by atoms with Gasteiger partial charge in [0.15, 0.2) is 5.65 Å². The Balaban J connectivity index is 1.84. The molecular formula is C14H18N4O2. The maximum absolute atomic E-state index is 11.5. The van der Waals surface area contributed by atoms with Crippen LogP contribution in [0, 0.1) is 5.92 Å². The van der Waals surface area contributed by atoms with Crippen LogP contribution in [0.15, 0.2) is 18.3 Å². The molecule has 6 heteroatoms. The highest BCUT2D eigenvalue weighted by atomic mass is 16.5. The lowest BCUT2D eigenvalue weighted by atomic mass is 9.96. The van der Waals surface area contributed by atoms with Crippen LogP contribution in [0.1, 0.15) is 29.0 Å². The van der Waals surface area contributed by atoms with Crippen molar-refractivity contribution in [1.82, 2.24) is 19.9 Å². The van der Waals surface area contributed by atoms with Gasteiger partial charge in [0, 0.05) is 12.6 Å². The van der Waals surface area contributed by atoms with Gasteiger partial charge in [0.1, 0.15) is 5.82 Å². The van der Waals surface area contributed by atoms with Gasteiger partial charge in [-0.3, -0.25) is 4.40 Å². The Morgan fingerprint density at radius 3 is 3.20 bits per heavy atom. The van der Waals surface area contributed by atoms with E-state index in [1.807, 2.05) is 10.6 Å². The molecule has 1 aliphatic rings. The van der Waals surface area contributed by atoms with Gasteiger partial charge in [0.05, 0.1) is 12.7 Å². The molecule has 2 aromatic rings. The van der Waals surface area contributed by atoms with E-state index in [1.54, 1.807) is 12.1 Å². The van der Waals surface area contributed by atoms with Gasteiger partial charge in [-0.05, 0) is 44.0 Å². The van der Waals surface area contributed by atoms with E-state index in [9.17, 15) is 4.79 Å². The molecule has 1 atom stereocenters. The maximum Gasteiger partial charge on any atom is 0.338 e. The molecule has 1 unspecified atom stereocenters. The van der Waals surface area contributed by atoms with Crippen LogP contribution in [0.25, 0.3) is 5.65 Å². The Morgan fingerprint density at radius 1 is 1.55 bits per heavy atom. The molecule has 0 spiro atoms. The number of piperidine rings is 1. The Hall–Kier alpha value is -1.95. The summed E-state index contributed by atoms with van der Waals surface area (Å²) in [5.41, 5.74) is 1.19. The summed E-state index contributed by atoms with van der Waals surface area (Å²) in [6, 6.07) is 3.45. The standard InChI is InChI=1S/C14H18N4O2/c1-20-14(19)11-4-6-18-12(16-17-13(18)8-11)7-10-3-2-5-15-9-10/h4,6,8,10,15H,2-3,5,7,9H2,1H3. The van der Waals surface area contributed by atoms with Gasteiger partial charge in [0.25, 0.3) is 0 Å². The zero-order valence-corrected chi connectivity index (χ0v) is 11.5. The molecule has 1 aliphatic heterocycles. The number of hydrogen-bond acceptors (Lipinski definition) is 5. The first-order valence-electron chi connectivity index (χ1n) is 6.90. The highest BCUT2D eigenvalue weighted by molar-refractivity contribution is 5.90. The highest BCUT2D eigenvalue weighted by Gasteiger charge is 2.17. The zero-order valence-electron chi connectivity index (χ0n) is 11.5. The molecule has 106 valence electrons. The first-order valence-corrected chi connectivity index (χ1v) is 6.90. The van der Waals surface area contributed by atoms with E-state index in [-0.39, 0.29) is 5.97 Å². The van der Waals surface area contributed by atoms with Crippen molar-refractivity contribution in [2.45, 2.75) is 19.3 Å². The van der Waals surface area contributed by atoms with Crippen molar-refractivity contribution < 1.29 is 9.53 Å². The van der Waals surface area contributed by atoms with Crippen LogP contribution in [-0.2, 0) is 11.2 Å². The molecule has 20 heavy (non-hydrogen) atoms. The van der Waals surface area contributed by atoms with Gasteiger partial charge >= 0.3 is 5.97 Å². The summed E-state index contributed by atoms with van der Waals surface area (Å²) in [7, 11) is 1.37. The monoisotopic (exact) mass is 274 g/mol. The number of nitrogens with zero attached hydrogens (tertiary/aromatic N) is 3. The van der Waals surface area contributed by atoms with E-state index >= 15 is 0 Å². The Morgan fingerprint density at radius 2 is 2.45 bits per heavy atom. The van der Waals surface area contributed by atoms with E-state index in [4.69, 9.17) is 4.74 Å². The molecule has 6 nitrogen and oxygen atoms in total. The number of aromatic nitrogens is 3. The van der Waals surface area contributed by atoms with Crippen molar-refractivity contribution in [2.24, 2.45) is 5.92 Å². The maximum atomic E-state index is 11.5. The zero-order chi connectivity index (χ0) is 13.9. The summed E-state index contributed by atoms with van der Waals surface area (Å²) in [5.74, 6) is 1.20. The lowest BCUT2D eigenvalue weighted by molar-refractivity contribution is 0.0600. The van der Waals surface area contributed by atoms with Crippen LogP contribution >= 0.6 is 0 Å². The summed E-state index contributed by atoms with van der Waals surface area (Å²) < 4.78 is 6.65. The van der Waals surface area contributed by atoms with E-state index < -0.39 is 0 Å². The molecule has 0 aromatic carbocycles. The molecule has 1 fully saturated rings. The average Bonchev–Trinajstić information content (AvgIpc) is 2.90. The van der Waals surface area contributed by atoms with E-state index in [2.05, 4.69) is 15.5 Å². The number of nitrogens with one attached hydrogen (secondary N) is 1. The number of carbonyl (C=O) groups excluding carboxylic acids is 1. The van der Waals surface area contributed by atoms with Crippen molar-refractivity contribution in [3.63, 3.8) is 0 Å². The summed E-state index contributed by atoms with van der Waals surface area (Å²) >= 11 is 0. The minimum atomic E-state index is -0.353. The van der Waals surface area contributed by atoms with Crippen LogP contribution in [0.2, 0.25) is 0 Å². The van der Waals surface area contributed by atoms with Crippen molar-refractivity contribution in [2.75, 3.05) is 20.2 Å². The van der Waals surface area contributed by atoms with Crippen LogP contribution in [0.4, 0.5) is 0 Å². The van der Waals surface area contributed by atoms with Gasteiger partial charge in [-0.1, -0.05) is 0 Å². The van der Waals surface area contributed by atoms with Crippen LogP contribution in [0.3, 0.4) is 0 Å². The molecule has 0 radical (unpaired) electrons. The smallest absolute Gasteiger partial charge is 0.338 e. The molecule has 3 rings (SSSR count). The number of fused-ring (bicyclic) bond motifs is 1. The second-order valence-electron chi connectivity index (χ2n) is 5.17. The predicted octanol–water partition coefficient (Wildman–Crippen LogP) is 1.06. The fourth-order valence-electron chi connectivity index (χ4n) is 2.68. The molecule has 1 N–H and O–H groups in total. The van der Waals surface area contributed by atoms with Crippen molar-refractivity contribution in [3.8, 4) is 0 Å². The molecule has 1 saturated heterocycles. The number of pyridine rings is 1. The third kappa shape index (κ3) is 2.51. The van der Waals surface area contributed by atoms with E-state index in [1.165, 1.54) is 20.0 Å². The van der Waals surface area contributed by atoms with Gasteiger partial charge < -0.3 is 10.1 Å². The fourth-order valence-corrected chi connectivity index (χ4v) is 2.68. The largest absolute Gasteiger partial charge is 0.465 e. The lowest BCUT2D eigenvalue weighted by Crippen LogP contribution is -2.31. The second-order valence-corrected chi connectivity index (χ2v) is 5.17. The minimum absolute atomic E-state index is 0.353. The SMILES string of the molecule is COC(=O)c1ccn2c(CC3CCCNC3)nnc2c1. The summed E-state index contributed by atoms with van der Waals surface area (Å²) in [4.78, 5) is 11.5. The molecular weight excluding hydrogens is 256 g/mol. The Kier molecular flexibility index (Phi) is 3.64. The van der Waals surface area contributed by atoms with Crippen LogP contribution < -0.4 is 5.32 Å². The molecule has 0 bridgehead atoms. The number of esters is 1. The molecule has 2 aromatic heterocycles. The minimum Gasteiger partial charge on any atom is -0.465 e.